The fourth-order valence-corrected chi connectivity index (χ4v) is 3.06. The van der Waals surface area contributed by atoms with Gasteiger partial charge in [-0.1, -0.05) is 30.3 Å². The molecule has 0 radical (unpaired) electrons. The van der Waals surface area contributed by atoms with Gasteiger partial charge in [-0.2, -0.15) is 12.6 Å². The summed E-state index contributed by atoms with van der Waals surface area (Å²) in [6.45, 7) is 1.27. The minimum atomic E-state index is -1.38. The van der Waals surface area contributed by atoms with Crippen LogP contribution in [-0.4, -0.2) is 81.0 Å². The van der Waals surface area contributed by atoms with Crippen LogP contribution in [0.5, 0.6) is 0 Å². The number of carbonyl (C=O) groups is 5. The van der Waals surface area contributed by atoms with Gasteiger partial charge in [-0.05, 0) is 18.9 Å². The van der Waals surface area contributed by atoms with Crippen molar-refractivity contribution < 1.29 is 39.3 Å². The van der Waals surface area contributed by atoms with Gasteiger partial charge in [0.1, 0.15) is 24.2 Å². The largest absolute Gasteiger partial charge is 0.481 e. The minimum Gasteiger partial charge on any atom is -0.481 e. The number of rotatable bonds is 14. The number of aliphatic carboxylic acids is 2. The van der Waals surface area contributed by atoms with Crippen LogP contribution in [-0.2, 0) is 30.4 Å². The van der Waals surface area contributed by atoms with E-state index in [9.17, 15) is 34.2 Å². The number of nitrogens with two attached hydrogens (primary N) is 1. The Bertz CT molecular complexity index is 868. The number of aliphatic hydroxyl groups excluding tert-OH is 1. The van der Waals surface area contributed by atoms with Crippen molar-refractivity contribution in [2.45, 2.75) is 56.5 Å². The van der Waals surface area contributed by atoms with Gasteiger partial charge < -0.3 is 37.0 Å². The fraction of sp³-hybridized carbons (Fsp3) is 0.476. The van der Waals surface area contributed by atoms with Crippen molar-refractivity contribution in [2.75, 3.05) is 5.75 Å². The second-order valence-corrected chi connectivity index (χ2v) is 7.96. The summed E-state index contributed by atoms with van der Waals surface area (Å²) in [5.74, 6) is -5.29. The maximum absolute atomic E-state index is 12.9. The van der Waals surface area contributed by atoms with Crippen LogP contribution in [0.25, 0.3) is 0 Å². The average molecular weight is 499 g/mol. The van der Waals surface area contributed by atoms with E-state index in [0.29, 0.717) is 5.56 Å². The van der Waals surface area contributed by atoms with Crippen molar-refractivity contribution in [3.8, 4) is 0 Å². The predicted octanol–water partition coefficient (Wildman–Crippen LogP) is -1.73. The van der Waals surface area contributed by atoms with Crippen LogP contribution < -0.4 is 21.7 Å². The monoisotopic (exact) mass is 498 g/mol. The van der Waals surface area contributed by atoms with Gasteiger partial charge in [-0.25, -0.2) is 4.79 Å². The molecule has 1 aromatic rings. The summed E-state index contributed by atoms with van der Waals surface area (Å²) >= 11 is 3.90. The zero-order valence-corrected chi connectivity index (χ0v) is 19.4. The Morgan fingerprint density at radius 3 is 1.94 bits per heavy atom. The molecule has 0 saturated carbocycles. The number of thiol groups is 1. The number of hydrogen-bond acceptors (Lipinski definition) is 8. The van der Waals surface area contributed by atoms with Crippen LogP contribution in [0.3, 0.4) is 0 Å². The quantitative estimate of drug-likeness (QED) is 0.137. The van der Waals surface area contributed by atoms with E-state index in [-0.39, 0.29) is 18.6 Å². The zero-order valence-electron chi connectivity index (χ0n) is 18.5. The summed E-state index contributed by atoms with van der Waals surface area (Å²) < 4.78 is 0. The summed E-state index contributed by atoms with van der Waals surface area (Å²) in [7, 11) is 0. The summed E-state index contributed by atoms with van der Waals surface area (Å²) in [4.78, 5) is 60.3. The highest BCUT2D eigenvalue weighted by atomic mass is 32.1. The number of aliphatic hydroxyl groups is 1. The van der Waals surface area contributed by atoms with Gasteiger partial charge in [0, 0.05) is 18.6 Å². The number of carbonyl (C=O) groups excluding carboxylic acids is 3. The van der Waals surface area contributed by atoms with Gasteiger partial charge >= 0.3 is 11.9 Å². The smallest absolute Gasteiger partial charge is 0.327 e. The third-order valence-electron chi connectivity index (χ3n) is 4.82. The number of nitrogens with one attached hydrogen (secondary N) is 3. The molecule has 12 nitrogen and oxygen atoms in total. The molecule has 1 rings (SSSR count). The molecule has 0 aliphatic heterocycles. The molecule has 8 N–H and O–H groups in total. The Kier molecular flexibility index (Phi) is 12.0. The van der Waals surface area contributed by atoms with Crippen LogP contribution in [0.4, 0.5) is 0 Å². The first-order valence-corrected chi connectivity index (χ1v) is 11.0. The summed E-state index contributed by atoms with van der Waals surface area (Å²) in [6, 6.07) is 3.29. The Morgan fingerprint density at radius 2 is 1.44 bits per heavy atom. The molecule has 5 atom stereocenters. The number of benzene rings is 1. The van der Waals surface area contributed by atoms with E-state index in [4.69, 9.17) is 10.8 Å². The standard InChI is InChI=1S/C21H30N4O8S/c1-11(26)17(22)20(31)23-13(7-8-16(27)28)18(29)24-14(9-12-5-3-2-4-6-12)19(30)25-15(10-34)21(32)33/h2-6,11,13-15,17,26,34H,7-10,22H2,1H3,(H,23,31)(H,24,29)(H,25,30)(H,27,28)(H,32,33). The van der Waals surface area contributed by atoms with Crippen LogP contribution in [0.1, 0.15) is 25.3 Å². The lowest BCUT2D eigenvalue weighted by molar-refractivity contribution is -0.141. The van der Waals surface area contributed by atoms with Gasteiger partial charge in [0.25, 0.3) is 0 Å². The molecule has 0 fully saturated rings. The van der Waals surface area contributed by atoms with Gasteiger partial charge in [0.2, 0.25) is 17.7 Å². The van der Waals surface area contributed by atoms with E-state index in [1.54, 1.807) is 30.3 Å². The maximum Gasteiger partial charge on any atom is 0.327 e. The number of carboxylic acids is 2. The summed E-state index contributed by atoms with van der Waals surface area (Å²) in [6.07, 6.45) is -2.02. The van der Waals surface area contributed by atoms with E-state index >= 15 is 0 Å². The molecule has 0 aliphatic carbocycles. The van der Waals surface area contributed by atoms with Gasteiger partial charge in [-0.3, -0.25) is 19.2 Å². The molecule has 0 spiro atoms. The van der Waals surface area contributed by atoms with Crippen molar-refractivity contribution in [3.63, 3.8) is 0 Å². The lowest BCUT2D eigenvalue weighted by Crippen LogP contribution is -2.58. The van der Waals surface area contributed by atoms with E-state index in [1.807, 2.05) is 0 Å². The van der Waals surface area contributed by atoms with Crippen LogP contribution in [0, 0.1) is 0 Å². The van der Waals surface area contributed by atoms with Crippen molar-refractivity contribution >= 4 is 42.3 Å². The Balaban J connectivity index is 3.11. The molecule has 5 unspecified atom stereocenters. The SMILES string of the molecule is CC(O)C(N)C(=O)NC(CCC(=O)O)C(=O)NC(Cc1ccccc1)C(=O)NC(CS)C(=O)O. The third kappa shape index (κ3) is 9.77. The molecule has 0 saturated heterocycles. The number of carboxylic acid groups (broad SMARTS) is 2. The summed E-state index contributed by atoms with van der Waals surface area (Å²) in [5, 5.41) is 34.7. The molecular weight excluding hydrogens is 468 g/mol. The highest BCUT2D eigenvalue weighted by Crippen LogP contribution is 2.07. The van der Waals surface area contributed by atoms with E-state index in [1.165, 1.54) is 6.92 Å². The first kappa shape index (κ1) is 28.9. The molecular formula is C21H30N4O8S. The second kappa shape index (κ2) is 14.2. The maximum atomic E-state index is 12.9. The normalized spacial score (nSPS) is 15.2. The highest BCUT2D eigenvalue weighted by molar-refractivity contribution is 7.80. The molecule has 0 bridgehead atoms. The van der Waals surface area contributed by atoms with Crippen molar-refractivity contribution in [1.82, 2.24) is 16.0 Å². The lowest BCUT2D eigenvalue weighted by atomic mass is 10.0. The van der Waals surface area contributed by atoms with Crippen LogP contribution in [0.15, 0.2) is 30.3 Å². The second-order valence-electron chi connectivity index (χ2n) is 7.59. The number of hydrogen-bond donors (Lipinski definition) is 8. The van der Waals surface area contributed by atoms with Crippen molar-refractivity contribution in [2.24, 2.45) is 5.73 Å². The van der Waals surface area contributed by atoms with Crippen molar-refractivity contribution in [3.05, 3.63) is 35.9 Å². The zero-order chi connectivity index (χ0) is 25.8. The van der Waals surface area contributed by atoms with Crippen molar-refractivity contribution in [1.29, 1.82) is 0 Å². The van der Waals surface area contributed by atoms with Crippen LogP contribution >= 0.6 is 12.6 Å². The molecule has 13 heteroatoms. The van der Waals surface area contributed by atoms with Gasteiger partial charge in [0.15, 0.2) is 0 Å². The third-order valence-corrected chi connectivity index (χ3v) is 5.18. The Labute approximate surface area is 201 Å². The average Bonchev–Trinajstić information content (AvgIpc) is 2.78. The predicted molar refractivity (Wildman–Crippen MR) is 124 cm³/mol. The van der Waals surface area contributed by atoms with E-state index in [0.717, 1.165) is 0 Å². The topological polar surface area (TPSA) is 208 Å². The molecule has 188 valence electrons. The molecule has 0 aromatic heterocycles. The molecule has 3 amide bonds. The van der Waals surface area contributed by atoms with E-state index < -0.39 is 66.4 Å². The molecule has 34 heavy (non-hydrogen) atoms. The summed E-state index contributed by atoms with van der Waals surface area (Å²) in [5.41, 5.74) is 6.23. The molecule has 1 aromatic carbocycles. The number of amides is 3. The molecule has 0 heterocycles. The minimum absolute atomic E-state index is 0.00981. The highest BCUT2D eigenvalue weighted by Gasteiger charge is 2.31. The Morgan fingerprint density at radius 1 is 0.912 bits per heavy atom. The van der Waals surface area contributed by atoms with Gasteiger partial charge in [-0.15, -0.1) is 0 Å². The first-order valence-electron chi connectivity index (χ1n) is 10.4. The fourth-order valence-electron chi connectivity index (χ4n) is 2.81. The Hall–Kier alpha value is -3.16. The lowest BCUT2D eigenvalue weighted by Gasteiger charge is -2.25. The van der Waals surface area contributed by atoms with Crippen LogP contribution in [0.2, 0.25) is 0 Å². The first-order chi connectivity index (χ1) is 16.0. The van der Waals surface area contributed by atoms with Gasteiger partial charge in [0.05, 0.1) is 6.10 Å². The molecule has 0 aliphatic rings. The van der Waals surface area contributed by atoms with E-state index in [2.05, 4.69) is 28.6 Å².